The third-order valence-corrected chi connectivity index (χ3v) is 8.81. The predicted octanol–water partition coefficient (Wildman–Crippen LogP) is 3.82. The van der Waals surface area contributed by atoms with E-state index in [1.807, 2.05) is 13.8 Å². The zero-order valence-corrected chi connectivity index (χ0v) is 21.6. The van der Waals surface area contributed by atoms with Crippen LogP contribution in [0.25, 0.3) is 21.8 Å². The van der Waals surface area contributed by atoms with Gasteiger partial charge in [-0.2, -0.15) is 18.4 Å². The summed E-state index contributed by atoms with van der Waals surface area (Å²) in [4.78, 5) is 23.1. The highest BCUT2D eigenvalue weighted by Gasteiger charge is 2.69. The molecule has 3 aromatic rings. The van der Waals surface area contributed by atoms with E-state index in [1.54, 1.807) is 30.6 Å². The fourth-order valence-electron chi connectivity index (χ4n) is 4.58. The van der Waals surface area contributed by atoms with Crippen LogP contribution in [0.3, 0.4) is 0 Å². The van der Waals surface area contributed by atoms with Crippen LogP contribution in [0.15, 0.2) is 35.5 Å². The van der Waals surface area contributed by atoms with E-state index in [0.29, 0.717) is 42.0 Å². The van der Waals surface area contributed by atoms with Crippen molar-refractivity contribution in [3.05, 3.63) is 41.2 Å². The normalized spacial score (nSPS) is 21.8. The van der Waals surface area contributed by atoms with Crippen molar-refractivity contribution in [1.82, 2.24) is 19.7 Å². The minimum Gasteiger partial charge on any atom is -0.475 e. The Hall–Kier alpha value is -3.61. The van der Waals surface area contributed by atoms with E-state index in [1.165, 1.54) is 11.3 Å². The SMILES string of the molecule is Cc1ncc(-c2nc(-c3cc(S(=O)(=O)NC45CC(C#N)(C4)C5)ccc3C)cnc2N)s1.O=C(O)C(F)(F)F. The summed E-state index contributed by atoms with van der Waals surface area (Å²) in [6.07, 6.45) is -0.0864. The van der Waals surface area contributed by atoms with Crippen LogP contribution in [0.1, 0.15) is 29.8 Å². The first-order valence-corrected chi connectivity index (χ1v) is 13.3. The number of anilines is 1. The van der Waals surface area contributed by atoms with E-state index in [9.17, 15) is 26.9 Å². The van der Waals surface area contributed by atoms with Crippen LogP contribution in [0.4, 0.5) is 19.0 Å². The number of rotatable bonds is 5. The zero-order valence-electron chi connectivity index (χ0n) is 20.0. The van der Waals surface area contributed by atoms with Gasteiger partial charge < -0.3 is 10.8 Å². The van der Waals surface area contributed by atoms with Crippen molar-refractivity contribution in [2.45, 2.75) is 49.7 Å². The van der Waals surface area contributed by atoms with Gasteiger partial charge >= 0.3 is 12.1 Å². The fraction of sp³-hybridized carbons (Fsp3) is 0.348. The maximum absolute atomic E-state index is 13.0. The number of nitrogens with two attached hydrogens (primary N) is 1. The number of alkyl halides is 3. The first kappa shape index (κ1) is 27.4. The molecule has 6 rings (SSSR count). The molecule has 15 heteroatoms. The van der Waals surface area contributed by atoms with Crippen LogP contribution >= 0.6 is 11.3 Å². The van der Waals surface area contributed by atoms with Crippen LogP contribution in [-0.4, -0.2) is 46.2 Å². The summed E-state index contributed by atoms with van der Waals surface area (Å²) in [6.45, 7) is 3.79. The molecule has 0 unspecified atom stereocenters. The Balaban J connectivity index is 0.000000426. The van der Waals surface area contributed by atoms with Gasteiger partial charge in [-0.25, -0.2) is 32.9 Å². The molecule has 0 spiro atoms. The van der Waals surface area contributed by atoms with Crippen LogP contribution in [0.5, 0.6) is 0 Å². The Morgan fingerprint density at radius 2 is 1.84 bits per heavy atom. The van der Waals surface area contributed by atoms with Gasteiger partial charge in [0.25, 0.3) is 0 Å². The van der Waals surface area contributed by atoms with Crippen molar-refractivity contribution >= 4 is 33.1 Å². The lowest BCUT2D eigenvalue weighted by atomic mass is 9.40. The van der Waals surface area contributed by atoms with E-state index < -0.39 is 27.7 Å². The van der Waals surface area contributed by atoms with Crippen LogP contribution in [0.2, 0.25) is 0 Å². The van der Waals surface area contributed by atoms with Crippen molar-refractivity contribution in [3.63, 3.8) is 0 Å². The summed E-state index contributed by atoms with van der Waals surface area (Å²) in [7, 11) is -3.73. The topological polar surface area (TPSA) is 172 Å². The van der Waals surface area contributed by atoms with Gasteiger partial charge in [0.05, 0.1) is 38.2 Å². The predicted molar refractivity (Wildman–Crippen MR) is 131 cm³/mol. The number of nitrogens with zero attached hydrogens (tertiary/aromatic N) is 4. The number of thiazole rings is 1. The highest BCUT2D eigenvalue weighted by atomic mass is 32.2. The molecule has 3 aliphatic rings. The first-order valence-electron chi connectivity index (χ1n) is 11.0. The first-order chi connectivity index (χ1) is 17.6. The number of aliphatic carboxylic acids is 1. The summed E-state index contributed by atoms with van der Waals surface area (Å²) in [5.74, 6) is -2.46. The number of hydrogen-bond donors (Lipinski definition) is 3. The Morgan fingerprint density at radius 1 is 1.21 bits per heavy atom. The lowest BCUT2D eigenvalue weighted by Gasteiger charge is -2.66. The second-order valence-electron chi connectivity index (χ2n) is 9.32. The van der Waals surface area contributed by atoms with E-state index in [4.69, 9.17) is 15.6 Å². The molecule has 200 valence electrons. The van der Waals surface area contributed by atoms with Crippen LogP contribution < -0.4 is 10.5 Å². The summed E-state index contributed by atoms with van der Waals surface area (Å²) >= 11 is 1.47. The lowest BCUT2D eigenvalue weighted by molar-refractivity contribution is -0.192. The van der Waals surface area contributed by atoms with Gasteiger partial charge in [0, 0.05) is 17.3 Å². The Labute approximate surface area is 219 Å². The van der Waals surface area contributed by atoms with Crippen molar-refractivity contribution in [2.24, 2.45) is 5.41 Å². The summed E-state index contributed by atoms with van der Waals surface area (Å²) < 4.78 is 60.6. The van der Waals surface area contributed by atoms with Crippen molar-refractivity contribution in [1.29, 1.82) is 5.26 Å². The number of hydrogen-bond acceptors (Lipinski definition) is 9. The molecule has 1 aromatic carbocycles. The molecule has 0 radical (unpaired) electrons. The Morgan fingerprint density at radius 3 is 2.37 bits per heavy atom. The highest BCUT2D eigenvalue weighted by Crippen LogP contribution is 2.67. The summed E-state index contributed by atoms with van der Waals surface area (Å²) in [6, 6.07) is 7.26. The molecule has 0 saturated heterocycles. The van der Waals surface area contributed by atoms with Gasteiger partial charge in [-0.3, -0.25) is 0 Å². The van der Waals surface area contributed by atoms with Crippen LogP contribution in [-0.2, 0) is 14.8 Å². The van der Waals surface area contributed by atoms with Crippen molar-refractivity contribution < 1.29 is 31.5 Å². The third-order valence-electron chi connectivity index (χ3n) is 6.31. The van der Waals surface area contributed by atoms with Crippen molar-refractivity contribution in [3.8, 4) is 27.9 Å². The largest absolute Gasteiger partial charge is 0.490 e. The quantitative estimate of drug-likeness (QED) is 0.415. The molecule has 0 aliphatic heterocycles. The summed E-state index contributed by atoms with van der Waals surface area (Å²) in [5.41, 5.74) is 7.85. The average Bonchev–Trinajstić information content (AvgIpc) is 3.21. The number of carboxylic acid groups (broad SMARTS) is 1. The monoisotopic (exact) mass is 566 g/mol. The average molecular weight is 567 g/mol. The van der Waals surface area contributed by atoms with Gasteiger partial charge in [-0.1, -0.05) is 6.07 Å². The van der Waals surface area contributed by atoms with Gasteiger partial charge in [0.2, 0.25) is 10.0 Å². The molecule has 0 atom stereocenters. The molecule has 2 bridgehead atoms. The molecule has 3 saturated carbocycles. The van der Waals surface area contributed by atoms with E-state index in [2.05, 4.69) is 25.7 Å². The van der Waals surface area contributed by atoms with Gasteiger partial charge in [-0.05, 0) is 50.8 Å². The maximum Gasteiger partial charge on any atom is 0.490 e. The number of aryl methyl sites for hydroxylation is 2. The minimum absolute atomic E-state index is 0.164. The summed E-state index contributed by atoms with van der Waals surface area (Å²) in [5, 5.41) is 17.2. The lowest BCUT2D eigenvalue weighted by Crippen LogP contribution is -2.74. The van der Waals surface area contributed by atoms with E-state index >= 15 is 0 Å². The number of nitriles is 1. The second-order valence-corrected chi connectivity index (χ2v) is 12.2. The fourth-order valence-corrected chi connectivity index (χ4v) is 6.78. The number of nitrogen functional groups attached to an aromatic ring is 1. The number of aromatic nitrogens is 3. The number of benzene rings is 1. The van der Waals surface area contributed by atoms with Crippen LogP contribution in [0, 0.1) is 30.6 Å². The maximum atomic E-state index is 13.0. The molecule has 0 amide bonds. The van der Waals surface area contributed by atoms with E-state index in [0.717, 1.165) is 15.4 Å². The molecular weight excluding hydrogens is 545 g/mol. The van der Waals surface area contributed by atoms with E-state index in [-0.39, 0.29) is 10.3 Å². The van der Waals surface area contributed by atoms with Gasteiger partial charge in [-0.15, -0.1) is 11.3 Å². The smallest absolute Gasteiger partial charge is 0.475 e. The van der Waals surface area contributed by atoms with Gasteiger partial charge in [0.1, 0.15) is 5.69 Å². The molecule has 38 heavy (non-hydrogen) atoms. The molecule has 3 fully saturated rings. The molecule has 10 nitrogen and oxygen atoms in total. The highest BCUT2D eigenvalue weighted by molar-refractivity contribution is 7.89. The standard InChI is InChI=1S/C21H20N6O2S2.C2HF3O2/c1-12-3-4-14(31(28,29)27-21-8-20(9-21,10-21)11-22)5-15(12)16-6-25-19(23)18(26-16)17-7-24-13(2)30-17;3-2(4,5)1(6)7/h3-7,27H,8-10H2,1-2H3,(H2,23,25);(H,6,7). The second kappa shape index (κ2) is 9.29. The number of nitrogens with one attached hydrogen (secondary N) is 1. The number of sulfonamides is 1. The zero-order chi connectivity index (χ0) is 28.1. The molecule has 4 N–H and O–H groups in total. The van der Waals surface area contributed by atoms with Gasteiger partial charge in [0.15, 0.2) is 5.82 Å². The molecular formula is C23H21F3N6O4S2. The number of carboxylic acids is 1. The minimum atomic E-state index is -5.08. The number of halogens is 3. The third kappa shape index (κ3) is 5.19. The molecule has 2 aromatic heterocycles. The Bertz CT molecular complexity index is 1560. The molecule has 2 heterocycles. The number of carbonyl (C=O) groups is 1. The Kier molecular flexibility index (Phi) is 6.71. The van der Waals surface area contributed by atoms with Crippen molar-refractivity contribution in [2.75, 3.05) is 5.73 Å². The molecule has 3 aliphatic carbocycles.